The molecule has 1 aliphatic rings. The third-order valence-electron chi connectivity index (χ3n) is 3.11. The Hall–Kier alpha value is -1.55. The second-order valence-electron chi connectivity index (χ2n) is 5.57. The summed E-state index contributed by atoms with van der Waals surface area (Å²) in [5.41, 5.74) is 10.5. The normalized spacial score (nSPS) is 21.0. The zero-order valence-electron chi connectivity index (χ0n) is 10.5. The van der Waals surface area contributed by atoms with Crippen molar-refractivity contribution < 1.29 is 4.79 Å². The van der Waals surface area contributed by atoms with Gasteiger partial charge >= 0.3 is 0 Å². The minimum atomic E-state index is 0.0677. The van der Waals surface area contributed by atoms with E-state index in [1.54, 1.807) is 17.1 Å². The van der Waals surface area contributed by atoms with E-state index < -0.39 is 0 Å². The molecule has 4 heteroatoms. The molecule has 1 fully saturated rings. The molecule has 0 radical (unpaired) electrons. The highest BCUT2D eigenvalue weighted by Gasteiger charge is 2.37. The van der Waals surface area contributed by atoms with Crippen LogP contribution < -0.4 is 16.2 Å². The van der Waals surface area contributed by atoms with Crippen LogP contribution in [-0.2, 0) is 4.79 Å². The summed E-state index contributed by atoms with van der Waals surface area (Å²) in [6.07, 6.45) is 0.536. The number of hydrazine groups is 1. The number of nitrogens with two attached hydrogens (primary N) is 1. The lowest BCUT2D eigenvalue weighted by molar-refractivity contribution is -0.117. The zero-order valence-corrected chi connectivity index (χ0v) is 10.5. The summed E-state index contributed by atoms with van der Waals surface area (Å²) in [5, 5.41) is 1.62. The van der Waals surface area contributed by atoms with Crippen LogP contribution in [0.1, 0.15) is 27.2 Å². The summed E-state index contributed by atoms with van der Waals surface area (Å²) < 4.78 is 0. The molecule has 1 unspecified atom stereocenters. The van der Waals surface area contributed by atoms with E-state index in [0.29, 0.717) is 12.1 Å². The highest BCUT2D eigenvalue weighted by atomic mass is 16.2. The van der Waals surface area contributed by atoms with E-state index in [2.05, 4.69) is 26.2 Å². The summed E-state index contributed by atoms with van der Waals surface area (Å²) in [6, 6.07) is 7.48. The van der Waals surface area contributed by atoms with Gasteiger partial charge < -0.3 is 5.73 Å². The van der Waals surface area contributed by atoms with E-state index in [1.165, 1.54) is 0 Å². The molecule has 0 aromatic heterocycles. The highest BCUT2D eigenvalue weighted by Crippen LogP contribution is 2.29. The first kappa shape index (κ1) is 11.9. The lowest BCUT2D eigenvalue weighted by atomic mass is 9.86. The Kier molecular flexibility index (Phi) is 2.83. The van der Waals surface area contributed by atoms with E-state index in [4.69, 9.17) is 5.73 Å². The molecule has 0 aliphatic carbocycles. The molecule has 1 aromatic carbocycles. The minimum Gasteiger partial charge on any atom is -0.399 e. The fourth-order valence-electron chi connectivity index (χ4n) is 1.88. The Balaban J connectivity index is 2.19. The van der Waals surface area contributed by atoms with Gasteiger partial charge in [0.15, 0.2) is 0 Å². The van der Waals surface area contributed by atoms with Crippen LogP contribution >= 0.6 is 0 Å². The van der Waals surface area contributed by atoms with E-state index in [-0.39, 0.29) is 17.4 Å². The SMILES string of the molecule is CC(C)(C)C1CC(=O)N(c2ccc(N)cc2)N1. The summed E-state index contributed by atoms with van der Waals surface area (Å²) in [6.45, 7) is 6.39. The Morgan fingerprint density at radius 1 is 1.29 bits per heavy atom. The number of rotatable bonds is 1. The number of nitrogens with zero attached hydrogens (tertiary/aromatic N) is 1. The van der Waals surface area contributed by atoms with Crippen molar-refractivity contribution in [2.45, 2.75) is 33.2 Å². The number of carbonyl (C=O) groups excluding carboxylic acids is 1. The Labute approximate surface area is 102 Å². The van der Waals surface area contributed by atoms with Gasteiger partial charge in [0.05, 0.1) is 5.69 Å². The average Bonchev–Trinajstić information content (AvgIpc) is 2.61. The molecule has 0 spiro atoms. The number of hydrogen-bond acceptors (Lipinski definition) is 3. The van der Waals surface area contributed by atoms with Crippen molar-refractivity contribution in [3.8, 4) is 0 Å². The molecule has 2 rings (SSSR count). The van der Waals surface area contributed by atoms with Gasteiger partial charge in [-0.2, -0.15) is 0 Å². The quantitative estimate of drug-likeness (QED) is 0.729. The predicted molar refractivity (Wildman–Crippen MR) is 69.3 cm³/mol. The summed E-state index contributed by atoms with van der Waals surface area (Å²) >= 11 is 0. The van der Waals surface area contributed by atoms with Crippen LogP contribution in [0.5, 0.6) is 0 Å². The number of nitrogens with one attached hydrogen (secondary N) is 1. The molecular formula is C13H19N3O. The number of hydrogen-bond donors (Lipinski definition) is 2. The number of nitrogen functional groups attached to an aromatic ring is 1. The van der Waals surface area contributed by atoms with Crippen molar-refractivity contribution in [1.82, 2.24) is 5.43 Å². The third-order valence-corrected chi connectivity index (χ3v) is 3.11. The number of anilines is 2. The topological polar surface area (TPSA) is 58.4 Å². The first-order valence-electron chi connectivity index (χ1n) is 5.82. The summed E-state index contributed by atoms with van der Waals surface area (Å²) in [4.78, 5) is 11.9. The molecule has 92 valence electrons. The van der Waals surface area contributed by atoms with Crippen molar-refractivity contribution in [2.24, 2.45) is 5.41 Å². The van der Waals surface area contributed by atoms with Crippen molar-refractivity contribution in [1.29, 1.82) is 0 Å². The molecule has 0 saturated carbocycles. The molecule has 1 aromatic rings. The van der Waals surface area contributed by atoms with Crippen LogP contribution in [0.25, 0.3) is 0 Å². The molecule has 1 atom stereocenters. The second-order valence-corrected chi connectivity index (χ2v) is 5.57. The molecule has 1 amide bonds. The van der Waals surface area contributed by atoms with Crippen LogP contribution in [0.2, 0.25) is 0 Å². The summed E-state index contributed by atoms with van der Waals surface area (Å²) in [7, 11) is 0. The van der Waals surface area contributed by atoms with Crippen LogP contribution in [0.3, 0.4) is 0 Å². The number of benzene rings is 1. The van der Waals surface area contributed by atoms with Crippen molar-refractivity contribution in [2.75, 3.05) is 10.7 Å². The Morgan fingerprint density at radius 3 is 2.35 bits per heavy atom. The van der Waals surface area contributed by atoms with Crippen molar-refractivity contribution in [3.63, 3.8) is 0 Å². The van der Waals surface area contributed by atoms with Crippen LogP contribution in [0.4, 0.5) is 11.4 Å². The van der Waals surface area contributed by atoms with Gasteiger partial charge in [0.25, 0.3) is 0 Å². The van der Waals surface area contributed by atoms with Crippen molar-refractivity contribution >= 4 is 17.3 Å². The molecule has 3 N–H and O–H groups in total. The first-order valence-corrected chi connectivity index (χ1v) is 5.82. The monoisotopic (exact) mass is 233 g/mol. The van der Waals surface area contributed by atoms with Gasteiger partial charge in [0, 0.05) is 18.2 Å². The molecular weight excluding hydrogens is 214 g/mol. The van der Waals surface area contributed by atoms with E-state index in [1.807, 2.05) is 12.1 Å². The minimum absolute atomic E-state index is 0.0677. The van der Waals surface area contributed by atoms with Crippen LogP contribution in [0, 0.1) is 5.41 Å². The molecule has 0 bridgehead atoms. The second kappa shape index (κ2) is 4.04. The van der Waals surface area contributed by atoms with Gasteiger partial charge in [0.2, 0.25) is 5.91 Å². The average molecular weight is 233 g/mol. The Bertz CT molecular complexity index is 419. The maximum atomic E-state index is 11.9. The maximum absolute atomic E-state index is 11.9. The lowest BCUT2D eigenvalue weighted by Crippen LogP contribution is -2.42. The standard InChI is InChI=1S/C13H19N3O/c1-13(2,3)11-8-12(17)16(15-11)10-6-4-9(14)5-7-10/h4-7,11,15H,8,14H2,1-3H3. The zero-order chi connectivity index (χ0) is 12.6. The van der Waals surface area contributed by atoms with Gasteiger partial charge in [-0.05, 0) is 29.7 Å². The van der Waals surface area contributed by atoms with Gasteiger partial charge in [0.1, 0.15) is 0 Å². The van der Waals surface area contributed by atoms with Crippen LogP contribution in [-0.4, -0.2) is 11.9 Å². The van der Waals surface area contributed by atoms with E-state index in [0.717, 1.165) is 5.69 Å². The Morgan fingerprint density at radius 2 is 1.88 bits per heavy atom. The fourth-order valence-corrected chi connectivity index (χ4v) is 1.88. The maximum Gasteiger partial charge on any atom is 0.243 e. The highest BCUT2D eigenvalue weighted by molar-refractivity contribution is 5.95. The molecule has 1 heterocycles. The number of carbonyl (C=O) groups is 1. The third kappa shape index (κ3) is 2.42. The van der Waals surface area contributed by atoms with Crippen LogP contribution in [0.15, 0.2) is 24.3 Å². The predicted octanol–water partition coefficient (Wildman–Crippen LogP) is 1.92. The summed E-state index contributed by atoms with van der Waals surface area (Å²) in [5.74, 6) is 0.106. The van der Waals surface area contributed by atoms with Crippen molar-refractivity contribution in [3.05, 3.63) is 24.3 Å². The van der Waals surface area contributed by atoms with E-state index in [9.17, 15) is 4.79 Å². The smallest absolute Gasteiger partial charge is 0.243 e. The fraction of sp³-hybridized carbons (Fsp3) is 0.462. The molecule has 1 saturated heterocycles. The molecule has 17 heavy (non-hydrogen) atoms. The molecule has 1 aliphatic heterocycles. The molecule has 4 nitrogen and oxygen atoms in total. The lowest BCUT2D eigenvalue weighted by Gasteiger charge is -2.27. The van der Waals surface area contributed by atoms with E-state index >= 15 is 0 Å². The number of amides is 1. The van der Waals surface area contributed by atoms with Gasteiger partial charge in [-0.3, -0.25) is 4.79 Å². The van der Waals surface area contributed by atoms with Gasteiger partial charge in [-0.1, -0.05) is 20.8 Å². The largest absolute Gasteiger partial charge is 0.399 e. The van der Waals surface area contributed by atoms with Gasteiger partial charge in [-0.15, -0.1) is 0 Å². The first-order chi connectivity index (χ1) is 7.88. The van der Waals surface area contributed by atoms with Gasteiger partial charge in [-0.25, -0.2) is 10.4 Å².